The van der Waals surface area contributed by atoms with Crippen molar-refractivity contribution in [2.24, 2.45) is 0 Å². The van der Waals surface area contributed by atoms with E-state index in [0.29, 0.717) is 17.6 Å². The molecule has 21 heavy (non-hydrogen) atoms. The van der Waals surface area contributed by atoms with Gasteiger partial charge in [0, 0.05) is 17.6 Å². The van der Waals surface area contributed by atoms with Crippen molar-refractivity contribution < 1.29 is 9.18 Å². The Balaban J connectivity index is 1.72. The van der Waals surface area contributed by atoms with Crippen LogP contribution in [0.1, 0.15) is 11.1 Å². The van der Waals surface area contributed by atoms with Crippen molar-refractivity contribution in [2.45, 2.75) is 13.1 Å². The third-order valence-corrected chi connectivity index (χ3v) is 3.69. The summed E-state index contributed by atoms with van der Waals surface area (Å²) in [5.74, 6) is -0.358. The molecule has 2 N–H and O–H groups in total. The Bertz CT molecular complexity index is 604. The van der Waals surface area contributed by atoms with E-state index < -0.39 is 0 Å². The maximum atomic E-state index is 12.9. The molecule has 0 aromatic heterocycles. The largest absolute Gasteiger partial charge is 0.351 e. The van der Waals surface area contributed by atoms with Crippen LogP contribution in [-0.4, -0.2) is 12.5 Å². The Labute approximate surface area is 131 Å². The van der Waals surface area contributed by atoms with Gasteiger partial charge in [0.1, 0.15) is 5.82 Å². The highest BCUT2D eigenvalue weighted by Gasteiger charge is 2.04. The summed E-state index contributed by atoms with van der Waals surface area (Å²) in [5.41, 5.74) is 1.97. The van der Waals surface area contributed by atoms with E-state index in [1.165, 1.54) is 12.1 Å². The summed E-state index contributed by atoms with van der Waals surface area (Å²) < 4.78 is 13.6. The molecule has 5 heteroatoms. The van der Waals surface area contributed by atoms with Crippen molar-refractivity contribution in [3.05, 3.63) is 69.9 Å². The van der Waals surface area contributed by atoms with Crippen LogP contribution in [0.5, 0.6) is 0 Å². The number of nitrogens with one attached hydrogen (secondary N) is 2. The summed E-state index contributed by atoms with van der Waals surface area (Å²) in [6.45, 7) is 1.23. The zero-order chi connectivity index (χ0) is 15.1. The lowest BCUT2D eigenvalue weighted by Crippen LogP contribution is -2.33. The lowest BCUT2D eigenvalue weighted by molar-refractivity contribution is -0.120. The summed E-state index contributed by atoms with van der Waals surface area (Å²) >= 11 is 3.30. The highest BCUT2D eigenvalue weighted by molar-refractivity contribution is 9.10. The predicted octanol–water partition coefficient (Wildman–Crippen LogP) is 2.99. The molecule has 110 valence electrons. The van der Waals surface area contributed by atoms with Gasteiger partial charge in [0.2, 0.25) is 5.91 Å². The van der Waals surface area contributed by atoms with Gasteiger partial charge in [-0.05, 0) is 23.3 Å². The number of carbonyl (C=O) groups is 1. The zero-order valence-corrected chi connectivity index (χ0v) is 13.0. The fourth-order valence-corrected chi connectivity index (χ4v) is 2.33. The van der Waals surface area contributed by atoms with E-state index in [9.17, 15) is 9.18 Å². The second-order valence-electron chi connectivity index (χ2n) is 4.60. The molecule has 0 heterocycles. The minimum Gasteiger partial charge on any atom is -0.351 e. The first kappa shape index (κ1) is 15.7. The summed E-state index contributed by atoms with van der Waals surface area (Å²) in [7, 11) is 0. The van der Waals surface area contributed by atoms with Crippen molar-refractivity contribution >= 4 is 21.8 Å². The number of hydrogen-bond donors (Lipinski definition) is 2. The molecule has 0 atom stereocenters. The molecule has 0 radical (unpaired) electrons. The highest BCUT2D eigenvalue weighted by atomic mass is 79.9. The molecule has 2 rings (SSSR count). The fourth-order valence-electron chi connectivity index (χ4n) is 1.83. The molecule has 1 amide bonds. The number of benzene rings is 2. The monoisotopic (exact) mass is 350 g/mol. The van der Waals surface area contributed by atoms with Gasteiger partial charge in [0.05, 0.1) is 6.54 Å². The lowest BCUT2D eigenvalue weighted by Gasteiger charge is -2.08. The van der Waals surface area contributed by atoms with Crippen molar-refractivity contribution in [2.75, 3.05) is 6.54 Å². The first-order valence-corrected chi connectivity index (χ1v) is 7.40. The van der Waals surface area contributed by atoms with Crippen LogP contribution in [0.15, 0.2) is 53.0 Å². The van der Waals surface area contributed by atoms with Gasteiger partial charge in [-0.2, -0.15) is 0 Å². The first-order valence-electron chi connectivity index (χ1n) is 6.60. The Morgan fingerprint density at radius 2 is 1.86 bits per heavy atom. The number of hydrogen-bond acceptors (Lipinski definition) is 2. The smallest absolute Gasteiger partial charge is 0.234 e. The standard InChI is InChI=1S/C16H16BrFN2O/c17-15-8-14(18)7-6-13(15)10-19-11-16(21)20-9-12-4-2-1-3-5-12/h1-8,19H,9-11H2,(H,20,21). The second-order valence-corrected chi connectivity index (χ2v) is 5.46. The quantitative estimate of drug-likeness (QED) is 0.840. The number of carbonyl (C=O) groups excluding carboxylic acids is 1. The average molecular weight is 351 g/mol. The molecule has 0 spiro atoms. The van der Waals surface area contributed by atoms with E-state index in [4.69, 9.17) is 0 Å². The normalized spacial score (nSPS) is 10.4. The van der Waals surface area contributed by atoms with Crippen molar-refractivity contribution in [3.8, 4) is 0 Å². The zero-order valence-electron chi connectivity index (χ0n) is 11.4. The van der Waals surface area contributed by atoms with Crippen molar-refractivity contribution in [3.63, 3.8) is 0 Å². The molecule has 0 unspecified atom stereocenters. The minimum atomic E-state index is -0.286. The Kier molecular flexibility index (Phi) is 5.90. The Morgan fingerprint density at radius 3 is 2.57 bits per heavy atom. The fraction of sp³-hybridized carbons (Fsp3) is 0.188. The van der Waals surface area contributed by atoms with Crippen LogP contribution in [-0.2, 0) is 17.9 Å². The molecule has 2 aromatic carbocycles. The molecule has 2 aromatic rings. The van der Waals surface area contributed by atoms with Gasteiger partial charge in [0.25, 0.3) is 0 Å². The molecular weight excluding hydrogens is 335 g/mol. The molecule has 0 aliphatic heterocycles. The lowest BCUT2D eigenvalue weighted by atomic mass is 10.2. The summed E-state index contributed by atoms with van der Waals surface area (Å²) in [6, 6.07) is 14.2. The van der Waals surface area contributed by atoms with Crippen LogP contribution in [0.2, 0.25) is 0 Å². The van der Waals surface area contributed by atoms with Gasteiger partial charge < -0.3 is 10.6 Å². The third kappa shape index (κ3) is 5.28. The second kappa shape index (κ2) is 7.90. The van der Waals surface area contributed by atoms with E-state index in [0.717, 1.165) is 11.1 Å². The summed E-state index contributed by atoms with van der Waals surface area (Å²) in [5, 5.41) is 5.87. The van der Waals surface area contributed by atoms with Gasteiger partial charge in [-0.25, -0.2) is 4.39 Å². The van der Waals surface area contributed by atoms with E-state index in [2.05, 4.69) is 26.6 Å². The molecule has 0 bridgehead atoms. The number of halogens is 2. The van der Waals surface area contributed by atoms with Gasteiger partial charge in [0.15, 0.2) is 0 Å². The van der Waals surface area contributed by atoms with Crippen LogP contribution in [0.4, 0.5) is 4.39 Å². The summed E-state index contributed by atoms with van der Waals surface area (Å²) in [6.07, 6.45) is 0. The molecule has 0 fully saturated rings. The van der Waals surface area contributed by atoms with E-state index >= 15 is 0 Å². The van der Waals surface area contributed by atoms with Crippen LogP contribution in [0.3, 0.4) is 0 Å². The highest BCUT2D eigenvalue weighted by Crippen LogP contribution is 2.17. The SMILES string of the molecule is O=C(CNCc1ccc(F)cc1Br)NCc1ccccc1. The maximum Gasteiger partial charge on any atom is 0.234 e. The topological polar surface area (TPSA) is 41.1 Å². The van der Waals surface area contributed by atoms with Crippen LogP contribution >= 0.6 is 15.9 Å². The Morgan fingerprint density at radius 1 is 1.10 bits per heavy atom. The van der Waals surface area contributed by atoms with Crippen LogP contribution in [0, 0.1) is 5.82 Å². The average Bonchev–Trinajstić information content (AvgIpc) is 2.48. The van der Waals surface area contributed by atoms with Crippen LogP contribution in [0.25, 0.3) is 0 Å². The van der Waals surface area contributed by atoms with E-state index in [1.807, 2.05) is 30.3 Å². The van der Waals surface area contributed by atoms with Gasteiger partial charge >= 0.3 is 0 Å². The molecular formula is C16H16BrFN2O. The van der Waals surface area contributed by atoms with Gasteiger partial charge in [-0.3, -0.25) is 4.79 Å². The summed E-state index contributed by atoms with van der Waals surface area (Å²) in [4.78, 5) is 11.7. The minimum absolute atomic E-state index is 0.0721. The molecule has 0 aliphatic rings. The maximum absolute atomic E-state index is 12.9. The van der Waals surface area contributed by atoms with Gasteiger partial charge in [-0.1, -0.05) is 52.3 Å². The molecule has 0 saturated heterocycles. The van der Waals surface area contributed by atoms with Crippen LogP contribution < -0.4 is 10.6 Å². The third-order valence-electron chi connectivity index (χ3n) is 2.95. The predicted molar refractivity (Wildman–Crippen MR) is 84.1 cm³/mol. The molecule has 3 nitrogen and oxygen atoms in total. The first-order chi connectivity index (χ1) is 10.1. The number of rotatable bonds is 6. The molecule has 0 aliphatic carbocycles. The molecule has 0 saturated carbocycles. The van der Waals surface area contributed by atoms with E-state index in [1.54, 1.807) is 6.07 Å². The number of amides is 1. The van der Waals surface area contributed by atoms with Crippen molar-refractivity contribution in [1.29, 1.82) is 0 Å². The van der Waals surface area contributed by atoms with Crippen molar-refractivity contribution in [1.82, 2.24) is 10.6 Å². The van der Waals surface area contributed by atoms with E-state index in [-0.39, 0.29) is 18.3 Å². The van der Waals surface area contributed by atoms with Gasteiger partial charge in [-0.15, -0.1) is 0 Å². The Hall–Kier alpha value is -1.72.